The maximum Gasteiger partial charge on any atom is 0.0935 e. The van der Waals surface area contributed by atoms with Crippen molar-refractivity contribution in [1.29, 1.82) is 0 Å². The minimum absolute atomic E-state index is 0. The van der Waals surface area contributed by atoms with Crippen molar-refractivity contribution in [2.75, 3.05) is 19.6 Å². The van der Waals surface area contributed by atoms with Gasteiger partial charge in [-0.15, -0.1) is 0 Å². The molecule has 0 heterocycles. The Bertz CT molecular complexity index is 917. The summed E-state index contributed by atoms with van der Waals surface area (Å²) in [4.78, 5) is 0. The minimum atomic E-state index is 0. The van der Waals surface area contributed by atoms with Gasteiger partial charge in [0.15, 0.2) is 0 Å². The smallest absolute Gasteiger partial charge is 0.0935 e. The van der Waals surface area contributed by atoms with E-state index >= 15 is 0 Å². The van der Waals surface area contributed by atoms with E-state index < -0.39 is 0 Å². The molecule has 0 unspecified atom stereocenters. The van der Waals surface area contributed by atoms with Crippen molar-refractivity contribution in [2.45, 2.75) is 458 Å². The van der Waals surface area contributed by atoms with Crippen molar-refractivity contribution in [3.63, 3.8) is 0 Å². The van der Waals surface area contributed by atoms with E-state index in [0.29, 0.717) is 5.54 Å². The Morgan fingerprint density at radius 3 is 0.434 bits per heavy atom. The topological polar surface area (TPSA) is 0 Å². The van der Waals surface area contributed by atoms with Crippen molar-refractivity contribution in [2.24, 2.45) is 0 Å². The van der Waals surface area contributed by atoms with Crippen LogP contribution in [0.4, 0.5) is 0 Å². The van der Waals surface area contributed by atoms with Crippen LogP contribution in [0.25, 0.3) is 0 Å². The molecular formula is C74H152BrN. The average Bonchev–Trinajstić information content (AvgIpc) is 3.41. The molecule has 0 saturated heterocycles. The fourth-order valence-electron chi connectivity index (χ4n) is 13.3. The standard InChI is InChI=1S/C74H152N.BrH/c1-7-11-15-19-23-27-31-35-39-43-47-51-55-59-63-67-71-75(72-68-64-60-56-52-48-44-40-36-32-28-24-20-16-12-8-2,73-69-65-61-57-53-49-45-41-37-33-29-25-21-17-13-9-3)74(5,6)70-66-62-58-54-50-46-42-38-34-30-26-22-18-14-10-4;/h7-73H2,1-6H3;1H/q+1;/p-1. The monoisotopic (exact) mass is 1130 g/mol. The SMILES string of the molecule is CCCCCCCCCCCCCCCCCC[N+](CCCCCCCCCCCCCCCCCC)(CCCCCCCCCCCCCCCCCC)C(C)(C)CCCCCCCCCCCCCCCCC.[Br-]. The summed E-state index contributed by atoms with van der Waals surface area (Å²) in [5.41, 5.74) is 0.400. The predicted octanol–water partition coefficient (Wildman–Crippen LogP) is 24.6. The van der Waals surface area contributed by atoms with Crippen LogP contribution in [-0.2, 0) is 0 Å². The second kappa shape index (κ2) is 66.2. The van der Waals surface area contributed by atoms with Gasteiger partial charge in [-0.3, -0.25) is 0 Å². The van der Waals surface area contributed by atoms with Crippen molar-refractivity contribution in [3.05, 3.63) is 0 Å². The number of rotatable bonds is 68. The molecule has 460 valence electrons. The first-order chi connectivity index (χ1) is 37.0. The number of nitrogens with zero attached hydrogens (tertiary/aromatic N) is 1. The Balaban J connectivity index is 0. The molecule has 0 amide bonds. The second-order valence-electron chi connectivity index (χ2n) is 26.7. The lowest BCUT2D eigenvalue weighted by atomic mass is 9.88. The fraction of sp³-hybridized carbons (Fsp3) is 1.00. The van der Waals surface area contributed by atoms with Gasteiger partial charge in [0.05, 0.1) is 25.2 Å². The number of hydrogen-bond acceptors (Lipinski definition) is 0. The van der Waals surface area contributed by atoms with E-state index in [1.807, 2.05) is 0 Å². The third kappa shape index (κ3) is 56.3. The highest BCUT2D eigenvalue weighted by Crippen LogP contribution is 2.34. The van der Waals surface area contributed by atoms with E-state index in [1.165, 1.54) is 435 Å². The van der Waals surface area contributed by atoms with Gasteiger partial charge in [0, 0.05) is 6.42 Å². The van der Waals surface area contributed by atoms with Gasteiger partial charge < -0.3 is 21.5 Å². The van der Waals surface area contributed by atoms with Gasteiger partial charge in [-0.1, -0.05) is 387 Å². The van der Waals surface area contributed by atoms with Gasteiger partial charge in [-0.25, -0.2) is 0 Å². The van der Waals surface area contributed by atoms with E-state index in [0.717, 1.165) is 0 Å². The van der Waals surface area contributed by atoms with E-state index in [2.05, 4.69) is 41.5 Å². The molecule has 0 N–H and O–H groups in total. The van der Waals surface area contributed by atoms with Crippen LogP contribution in [0, 0.1) is 0 Å². The Morgan fingerprint density at radius 1 is 0.171 bits per heavy atom. The van der Waals surface area contributed by atoms with Crippen LogP contribution in [0.1, 0.15) is 452 Å². The Kier molecular flexibility index (Phi) is 68.4. The van der Waals surface area contributed by atoms with Crippen LogP contribution in [0.2, 0.25) is 0 Å². The normalized spacial score (nSPS) is 12.1. The van der Waals surface area contributed by atoms with E-state index in [1.54, 1.807) is 0 Å². The third-order valence-corrected chi connectivity index (χ3v) is 19.0. The van der Waals surface area contributed by atoms with Gasteiger partial charge in [-0.2, -0.15) is 0 Å². The second-order valence-corrected chi connectivity index (χ2v) is 26.7. The Morgan fingerprint density at radius 2 is 0.289 bits per heavy atom. The zero-order valence-electron chi connectivity index (χ0n) is 54.7. The third-order valence-electron chi connectivity index (χ3n) is 19.0. The molecule has 0 aromatic rings. The van der Waals surface area contributed by atoms with Gasteiger partial charge in [-0.05, 0) is 58.8 Å². The molecule has 0 rings (SSSR count). The van der Waals surface area contributed by atoms with Gasteiger partial charge in [0.25, 0.3) is 0 Å². The Hall–Kier alpha value is 0.440. The van der Waals surface area contributed by atoms with Crippen LogP contribution < -0.4 is 17.0 Å². The lowest BCUT2D eigenvalue weighted by molar-refractivity contribution is -0.973. The first-order valence-electron chi connectivity index (χ1n) is 36.9. The molecule has 0 atom stereocenters. The number of unbranched alkanes of at least 4 members (excludes halogenated alkanes) is 59. The van der Waals surface area contributed by atoms with Gasteiger partial charge in [0.1, 0.15) is 0 Å². The maximum atomic E-state index is 2.77. The zero-order valence-corrected chi connectivity index (χ0v) is 56.3. The average molecular weight is 1140 g/mol. The summed E-state index contributed by atoms with van der Waals surface area (Å²) < 4.78 is 1.45. The van der Waals surface area contributed by atoms with Gasteiger partial charge in [0.2, 0.25) is 0 Å². The van der Waals surface area contributed by atoms with E-state index in [4.69, 9.17) is 0 Å². The Labute approximate surface area is 496 Å². The summed E-state index contributed by atoms with van der Waals surface area (Å²) in [6.45, 7) is 19.2. The summed E-state index contributed by atoms with van der Waals surface area (Å²) in [7, 11) is 0. The minimum Gasteiger partial charge on any atom is -1.00 e. The van der Waals surface area contributed by atoms with Crippen molar-refractivity contribution >= 4 is 0 Å². The predicted molar refractivity (Wildman–Crippen MR) is 347 cm³/mol. The lowest BCUT2D eigenvalue weighted by Crippen LogP contribution is -3.00. The molecule has 0 radical (unpaired) electrons. The summed E-state index contributed by atoms with van der Waals surface area (Å²) in [5.74, 6) is 0. The first kappa shape index (κ1) is 78.5. The highest BCUT2D eigenvalue weighted by Gasteiger charge is 2.42. The number of hydrogen-bond donors (Lipinski definition) is 0. The molecule has 0 aliphatic carbocycles. The van der Waals surface area contributed by atoms with Crippen LogP contribution in [0.5, 0.6) is 0 Å². The summed E-state index contributed by atoms with van der Waals surface area (Å²) in [6, 6.07) is 0. The quantitative estimate of drug-likeness (QED) is 0.0421. The number of halogens is 1. The highest BCUT2D eigenvalue weighted by molar-refractivity contribution is 4.74. The molecule has 0 aliphatic heterocycles. The van der Waals surface area contributed by atoms with Crippen LogP contribution >= 0.6 is 0 Å². The molecule has 0 aromatic heterocycles. The fourth-order valence-corrected chi connectivity index (χ4v) is 13.3. The van der Waals surface area contributed by atoms with Crippen molar-refractivity contribution < 1.29 is 21.5 Å². The summed E-state index contributed by atoms with van der Waals surface area (Å²) in [5, 5.41) is 0. The molecule has 0 aliphatic rings. The van der Waals surface area contributed by atoms with Crippen LogP contribution in [-0.4, -0.2) is 29.7 Å². The summed E-state index contributed by atoms with van der Waals surface area (Å²) >= 11 is 0. The largest absolute Gasteiger partial charge is 1.00 e. The molecule has 0 spiro atoms. The maximum absolute atomic E-state index is 2.77. The molecule has 0 fully saturated rings. The molecule has 1 nitrogen and oxygen atoms in total. The highest BCUT2D eigenvalue weighted by atomic mass is 79.9. The molecule has 0 bridgehead atoms. The molecule has 76 heavy (non-hydrogen) atoms. The van der Waals surface area contributed by atoms with Gasteiger partial charge >= 0.3 is 0 Å². The molecule has 0 saturated carbocycles. The zero-order chi connectivity index (χ0) is 54.4. The number of quaternary nitrogens is 1. The van der Waals surface area contributed by atoms with Crippen LogP contribution in [0.15, 0.2) is 0 Å². The molecule has 2 heteroatoms. The molecule has 0 aromatic carbocycles. The van der Waals surface area contributed by atoms with Crippen molar-refractivity contribution in [3.8, 4) is 0 Å². The van der Waals surface area contributed by atoms with Crippen molar-refractivity contribution in [1.82, 2.24) is 0 Å². The van der Waals surface area contributed by atoms with E-state index in [9.17, 15) is 0 Å². The summed E-state index contributed by atoms with van der Waals surface area (Å²) in [6.07, 6.45) is 94.2. The molecular weight excluding hydrogens is 983 g/mol. The van der Waals surface area contributed by atoms with Crippen LogP contribution in [0.3, 0.4) is 0 Å². The first-order valence-corrected chi connectivity index (χ1v) is 36.9. The lowest BCUT2D eigenvalue weighted by Gasteiger charge is -2.51. The van der Waals surface area contributed by atoms with E-state index in [-0.39, 0.29) is 17.0 Å².